The van der Waals surface area contributed by atoms with Gasteiger partial charge in [-0.05, 0) is 25.9 Å². The molecule has 0 aromatic carbocycles. The van der Waals surface area contributed by atoms with Crippen LogP contribution < -0.4 is 5.32 Å². The number of nitrogens with one attached hydrogen (secondary N) is 1. The molecule has 0 aromatic rings. The van der Waals surface area contributed by atoms with Gasteiger partial charge in [0.25, 0.3) is 0 Å². The van der Waals surface area contributed by atoms with E-state index in [4.69, 9.17) is 0 Å². The second kappa shape index (κ2) is 3.45. The predicted octanol–water partition coefficient (Wildman–Crippen LogP) is -0.304. The van der Waals surface area contributed by atoms with Crippen molar-refractivity contribution >= 4 is 6.41 Å². The highest BCUT2D eigenvalue weighted by atomic mass is 16.1. The van der Waals surface area contributed by atoms with E-state index in [0.717, 1.165) is 13.1 Å². The largest absolute Gasteiger partial charge is 0.335 e. The zero-order valence-corrected chi connectivity index (χ0v) is 5.39. The Labute approximate surface area is 55.0 Å². The minimum atomic E-state index is 0.670. The third kappa shape index (κ3) is 2.01. The van der Waals surface area contributed by atoms with Crippen LogP contribution in [0.1, 0.15) is 12.8 Å². The Hall–Kier alpha value is -0.570. The van der Waals surface area contributed by atoms with E-state index < -0.39 is 0 Å². The van der Waals surface area contributed by atoms with Crippen molar-refractivity contribution in [2.75, 3.05) is 19.8 Å². The molecule has 3 nitrogen and oxygen atoms in total. The van der Waals surface area contributed by atoms with Crippen molar-refractivity contribution in [2.24, 2.45) is 0 Å². The summed E-state index contributed by atoms with van der Waals surface area (Å²) in [7, 11) is 0. The predicted molar refractivity (Wildman–Crippen MR) is 34.5 cm³/mol. The fourth-order valence-corrected chi connectivity index (χ4v) is 1.08. The van der Waals surface area contributed by atoms with Crippen LogP contribution in [-0.4, -0.2) is 31.1 Å². The number of hydrogen-bond acceptors (Lipinski definition) is 2. The Morgan fingerprint density at radius 3 is 2.67 bits per heavy atom. The van der Waals surface area contributed by atoms with Gasteiger partial charge in [-0.3, -0.25) is 9.69 Å². The third-order valence-corrected chi connectivity index (χ3v) is 1.57. The van der Waals surface area contributed by atoms with Gasteiger partial charge in [0, 0.05) is 0 Å². The van der Waals surface area contributed by atoms with Gasteiger partial charge >= 0.3 is 6.41 Å². The quantitative estimate of drug-likeness (QED) is 0.528. The molecule has 0 aromatic heterocycles. The summed E-state index contributed by atoms with van der Waals surface area (Å²) in [5, 5.41) is 2.51. The van der Waals surface area contributed by atoms with E-state index in [2.05, 4.69) is 10.2 Å². The van der Waals surface area contributed by atoms with Crippen LogP contribution in [0.2, 0.25) is 0 Å². The molecule has 9 heavy (non-hydrogen) atoms. The average Bonchev–Trinajstić information content (AvgIpc) is 2.34. The zero-order chi connectivity index (χ0) is 6.53. The molecule has 1 saturated heterocycles. The summed E-state index contributed by atoms with van der Waals surface area (Å²) < 4.78 is 0. The lowest BCUT2D eigenvalue weighted by atomic mass is 10.4. The first-order chi connectivity index (χ1) is 4.43. The molecule has 0 spiro atoms. The van der Waals surface area contributed by atoms with Crippen LogP contribution in [-0.2, 0) is 4.79 Å². The number of nitrogens with zero attached hydrogens (tertiary/aromatic N) is 1. The molecule has 3 heteroatoms. The van der Waals surface area contributed by atoms with Crippen LogP contribution in [0.4, 0.5) is 0 Å². The molecule has 1 radical (unpaired) electrons. The number of amides is 1. The number of hydrogen-bond donors (Lipinski definition) is 1. The standard InChI is InChI=1S/C6H11N2O/c9-6-7-5-8-3-1-2-4-8/h1-5H2,(H,7,9). The van der Waals surface area contributed by atoms with Gasteiger partial charge in [-0.15, -0.1) is 0 Å². The minimum absolute atomic E-state index is 0.670. The summed E-state index contributed by atoms with van der Waals surface area (Å²) in [6.45, 7) is 2.91. The maximum absolute atomic E-state index is 9.70. The van der Waals surface area contributed by atoms with Crippen molar-refractivity contribution in [2.45, 2.75) is 12.8 Å². The van der Waals surface area contributed by atoms with Gasteiger partial charge in [0.05, 0.1) is 6.67 Å². The first kappa shape index (κ1) is 6.55. The molecule has 0 atom stereocenters. The normalized spacial score (nSPS) is 20.0. The lowest BCUT2D eigenvalue weighted by Crippen LogP contribution is -2.30. The number of rotatable bonds is 3. The highest BCUT2D eigenvalue weighted by Gasteiger charge is 2.09. The monoisotopic (exact) mass is 127 g/mol. The van der Waals surface area contributed by atoms with Crippen molar-refractivity contribution in [1.82, 2.24) is 10.2 Å². The minimum Gasteiger partial charge on any atom is -0.335 e. The zero-order valence-electron chi connectivity index (χ0n) is 5.39. The Bertz CT molecular complexity index is 89.1. The smallest absolute Gasteiger partial charge is 0.310 e. The lowest BCUT2D eigenvalue weighted by Gasteiger charge is -2.11. The summed E-state index contributed by atoms with van der Waals surface area (Å²) in [6.07, 6.45) is 4.18. The maximum Gasteiger partial charge on any atom is 0.310 e. The molecule has 51 valence electrons. The highest BCUT2D eigenvalue weighted by molar-refractivity contribution is 5.46. The SMILES string of the molecule is O=[C]NCN1CCCC1. The van der Waals surface area contributed by atoms with Crippen LogP contribution in [0.25, 0.3) is 0 Å². The van der Waals surface area contributed by atoms with Gasteiger partial charge in [0.1, 0.15) is 0 Å². The number of carbonyl (C=O) groups excluding carboxylic acids is 1. The Kier molecular flexibility index (Phi) is 2.51. The molecule has 0 aliphatic carbocycles. The molecule has 1 amide bonds. The molecular weight excluding hydrogens is 116 g/mol. The molecule has 0 bridgehead atoms. The second-order valence-electron chi connectivity index (χ2n) is 2.26. The van der Waals surface area contributed by atoms with Gasteiger partial charge in [0.2, 0.25) is 0 Å². The fourth-order valence-electron chi connectivity index (χ4n) is 1.08. The summed E-state index contributed by atoms with van der Waals surface area (Å²) in [5.41, 5.74) is 0. The fraction of sp³-hybridized carbons (Fsp3) is 0.833. The Balaban J connectivity index is 2.04. The van der Waals surface area contributed by atoms with Crippen LogP contribution in [0.5, 0.6) is 0 Å². The summed E-state index contributed by atoms with van der Waals surface area (Å²) in [4.78, 5) is 11.9. The first-order valence-electron chi connectivity index (χ1n) is 3.26. The first-order valence-corrected chi connectivity index (χ1v) is 3.26. The van der Waals surface area contributed by atoms with E-state index >= 15 is 0 Å². The maximum atomic E-state index is 9.70. The molecule has 1 aliphatic rings. The van der Waals surface area contributed by atoms with E-state index in [1.54, 1.807) is 6.41 Å². The molecular formula is C6H11N2O. The van der Waals surface area contributed by atoms with Crippen molar-refractivity contribution < 1.29 is 4.79 Å². The average molecular weight is 127 g/mol. The summed E-state index contributed by atoms with van der Waals surface area (Å²) in [6, 6.07) is 0. The molecule has 0 unspecified atom stereocenters. The highest BCUT2D eigenvalue weighted by Crippen LogP contribution is 2.04. The van der Waals surface area contributed by atoms with Gasteiger partial charge in [0.15, 0.2) is 0 Å². The van der Waals surface area contributed by atoms with Crippen molar-refractivity contribution in [3.05, 3.63) is 0 Å². The molecule has 1 N–H and O–H groups in total. The van der Waals surface area contributed by atoms with Gasteiger partial charge in [-0.25, -0.2) is 0 Å². The summed E-state index contributed by atoms with van der Waals surface area (Å²) in [5.74, 6) is 0. The lowest BCUT2D eigenvalue weighted by molar-refractivity contribution is 0.329. The van der Waals surface area contributed by atoms with Crippen LogP contribution >= 0.6 is 0 Å². The molecule has 1 rings (SSSR count). The van der Waals surface area contributed by atoms with E-state index in [1.165, 1.54) is 12.8 Å². The van der Waals surface area contributed by atoms with E-state index in [9.17, 15) is 4.79 Å². The van der Waals surface area contributed by atoms with Gasteiger partial charge < -0.3 is 5.32 Å². The van der Waals surface area contributed by atoms with Crippen LogP contribution in [0, 0.1) is 0 Å². The second-order valence-corrected chi connectivity index (χ2v) is 2.26. The van der Waals surface area contributed by atoms with Crippen molar-refractivity contribution in [3.63, 3.8) is 0 Å². The van der Waals surface area contributed by atoms with Crippen LogP contribution in [0.3, 0.4) is 0 Å². The van der Waals surface area contributed by atoms with E-state index in [1.807, 2.05) is 0 Å². The molecule has 1 heterocycles. The van der Waals surface area contributed by atoms with Crippen LogP contribution in [0.15, 0.2) is 0 Å². The van der Waals surface area contributed by atoms with Crippen molar-refractivity contribution in [1.29, 1.82) is 0 Å². The molecule has 0 saturated carbocycles. The van der Waals surface area contributed by atoms with E-state index in [-0.39, 0.29) is 0 Å². The molecule has 1 aliphatic heterocycles. The number of likely N-dealkylation sites (tertiary alicyclic amines) is 1. The Morgan fingerprint density at radius 2 is 2.11 bits per heavy atom. The Morgan fingerprint density at radius 1 is 1.44 bits per heavy atom. The van der Waals surface area contributed by atoms with Gasteiger partial charge in [-0.1, -0.05) is 0 Å². The molecule has 1 fully saturated rings. The van der Waals surface area contributed by atoms with E-state index in [0.29, 0.717) is 6.67 Å². The third-order valence-electron chi connectivity index (χ3n) is 1.57. The topological polar surface area (TPSA) is 32.3 Å². The van der Waals surface area contributed by atoms with Gasteiger partial charge in [-0.2, -0.15) is 0 Å². The summed E-state index contributed by atoms with van der Waals surface area (Å²) >= 11 is 0. The van der Waals surface area contributed by atoms with Crippen molar-refractivity contribution in [3.8, 4) is 0 Å².